The van der Waals surface area contributed by atoms with E-state index in [9.17, 15) is 19.2 Å². The van der Waals surface area contributed by atoms with Crippen LogP contribution in [0, 0.1) is 0 Å². The van der Waals surface area contributed by atoms with Gasteiger partial charge in [-0.25, -0.2) is 14.4 Å². The van der Waals surface area contributed by atoms with Crippen LogP contribution in [0.15, 0.2) is 43.0 Å². The Labute approximate surface area is 206 Å². The van der Waals surface area contributed by atoms with Gasteiger partial charge < -0.3 is 29.7 Å². The molecule has 10 heteroatoms. The van der Waals surface area contributed by atoms with Gasteiger partial charge in [-0.05, 0) is 45.6 Å². The monoisotopic (exact) mass is 489 g/mol. The summed E-state index contributed by atoms with van der Waals surface area (Å²) in [5, 5.41) is 5.16. The zero-order valence-corrected chi connectivity index (χ0v) is 20.7. The lowest BCUT2D eigenvalue weighted by atomic mass is 10.1. The van der Waals surface area contributed by atoms with E-state index in [0.717, 1.165) is 5.56 Å². The molecule has 0 unspecified atom stereocenters. The first-order valence-corrected chi connectivity index (χ1v) is 11.5. The van der Waals surface area contributed by atoms with Crippen molar-refractivity contribution in [2.75, 3.05) is 13.7 Å². The molecule has 1 aromatic rings. The fraction of sp³-hybridized carbons (Fsp3) is 0.520. The van der Waals surface area contributed by atoms with Crippen molar-refractivity contribution in [1.29, 1.82) is 0 Å². The van der Waals surface area contributed by atoms with Crippen LogP contribution in [0.4, 0.5) is 9.59 Å². The van der Waals surface area contributed by atoms with Crippen LogP contribution < -0.4 is 10.6 Å². The van der Waals surface area contributed by atoms with Crippen molar-refractivity contribution in [2.45, 2.75) is 70.4 Å². The molecule has 35 heavy (non-hydrogen) atoms. The standard InChI is InChI=1S/C25H35N3O7/c1-6-18-12-13-20(22(30)33-5)28(18)21(29)19(27-24(32)35-25(2,3)4)14-15-26-23(31)34-16-17-10-8-7-9-11-17/h6-11,18-20H,1,12-16H2,2-5H3,(H,26,31)(H,27,32)/t18-,19-,20-/m0/s1. The lowest BCUT2D eigenvalue weighted by Crippen LogP contribution is -2.55. The summed E-state index contributed by atoms with van der Waals surface area (Å²) in [6.07, 6.45) is 1.15. The highest BCUT2D eigenvalue weighted by Crippen LogP contribution is 2.27. The Kier molecular flexibility index (Phi) is 10.1. The Morgan fingerprint density at radius 2 is 1.83 bits per heavy atom. The van der Waals surface area contributed by atoms with Crippen LogP contribution in [0.1, 0.15) is 45.6 Å². The summed E-state index contributed by atoms with van der Waals surface area (Å²) in [6.45, 7) is 9.01. The van der Waals surface area contributed by atoms with Gasteiger partial charge in [-0.1, -0.05) is 36.4 Å². The van der Waals surface area contributed by atoms with E-state index in [1.165, 1.54) is 12.0 Å². The molecule has 3 amide bonds. The third-order valence-corrected chi connectivity index (χ3v) is 5.33. The summed E-state index contributed by atoms with van der Waals surface area (Å²) in [5.41, 5.74) is 0.0592. The summed E-state index contributed by atoms with van der Waals surface area (Å²) in [6, 6.07) is 6.96. The number of alkyl carbamates (subject to hydrolysis) is 2. The van der Waals surface area contributed by atoms with Gasteiger partial charge in [-0.2, -0.15) is 0 Å². The van der Waals surface area contributed by atoms with E-state index in [1.807, 2.05) is 30.3 Å². The third kappa shape index (κ3) is 8.62. The minimum Gasteiger partial charge on any atom is -0.467 e. The number of rotatable bonds is 9. The fourth-order valence-electron chi connectivity index (χ4n) is 3.73. The van der Waals surface area contributed by atoms with E-state index in [1.54, 1.807) is 26.8 Å². The Morgan fingerprint density at radius 3 is 2.43 bits per heavy atom. The maximum atomic E-state index is 13.5. The van der Waals surface area contributed by atoms with Crippen LogP contribution in [0.5, 0.6) is 0 Å². The molecule has 0 aromatic heterocycles. The van der Waals surface area contributed by atoms with Crippen LogP contribution in [0.25, 0.3) is 0 Å². The Bertz CT molecular complexity index is 898. The van der Waals surface area contributed by atoms with E-state index >= 15 is 0 Å². The molecule has 0 radical (unpaired) electrons. The van der Waals surface area contributed by atoms with Crippen molar-refractivity contribution in [2.24, 2.45) is 0 Å². The van der Waals surface area contributed by atoms with Crippen LogP contribution >= 0.6 is 0 Å². The first-order valence-electron chi connectivity index (χ1n) is 11.5. The molecule has 1 heterocycles. The van der Waals surface area contributed by atoms with Crippen molar-refractivity contribution in [3.05, 3.63) is 48.6 Å². The quantitative estimate of drug-likeness (QED) is 0.311. The molecule has 0 aliphatic carbocycles. The zero-order chi connectivity index (χ0) is 26.0. The molecule has 1 saturated heterocycles. The van der Waals surface area contributed by atoms with E-state index in [4.69, 9.17) is 14.2 Å². The smallest absolute Gasteiger partial charge is 0.408 e. The maximum absolute atomic E-state index is 13.5. The third-order valence-electron chi connectivity index (χ3n) is 5.33. The van der Waals surface area contributed by atoms with Gasteiger partial charge in [0, 0.05) is 6.54 Å². The maximum Gasteiger partial charge on any atom is 0.408 e. The molecule has 1 aliphatic rings. The molecule has 1 fully saturated rings. The number of ether oxygens (including phenoxy) is 3. The van der Waals surface area contributed by atoms with Gasteiger partial charge >= 0.3 is 18.2 Å². The minimum atomic E-state index is -1.06. The largest absolute Gasteiger partial charge is 0.467 e. The molecular formula is C25H35N3O7. The van der Waals surface area contributed by atoms with Crippen molar-refractivity contribution >= 4 is 24.1 Å². The average molecular weight is 490 g/mol. The zero-order valence-electron chi connectivity index (χ0n) is 20.7. The van der Waals surface area contributed by atoms with E-state index in [-0.39, 0.29) is 19.6 Å². The normalized spacial score (nSPS) is 18.2. The Hall–Kier alpha value is -3.56. The molecule has 192 valence electrons. The highest BCUT2D eigenvalue weighted by atomic mass is 16.6. The second-order valence-electron chi connectivity index (χ2n) is 9.14. The molecule has 1 aromatic carbocycles. The summed E-state index contributed by atoms with van der Waals surface area (Å²) in [5.74, 6) is -1.03. The van der Waals surface area contributed by atoms with Crippen molar-refractivity contribution < 1.29 is 33.4 Å². The van der Waals surface area contributed by atoms with Gasteiger partial charge in [-0.15, -0.1) is 6.58 Å². The molecule has 0 spiro atoms. The topological polar surface area (TPSA) is 123 Å². The number of nitrogens with zero attached hydrogens (tertiary/aromatic N) is 1. The number of hydrogen-bond acceptors (Lipinski definition) is 7. The lowest BCUT2D eigenvalue weighted by molar-refractivity contribution is -0.152. The number of esters is 1. The van der Waals surface area contributed by atoms with Crippen molar-refractivity contribution in [3.63, 3.8) is 0 Å². The number of carbonyl (C=O) groups is 4. The molecular weight excluding hydrogens is 454 g/mol. The van der Waals surface area contributed by atoms with Crippen LogP contribution in [0.3, 0.4) is 0 Å². The predicted molar refractivity (Wildman–Crippen MR) is 128 cm³/mol. The number of carbonyl (C=O) groups excluding carboxylic acids is 4. The molecule has 10 nitrogen and oxygen atoms in total. The summed E-state index contributed by atoms with van der Waals surface area (Å²) >= 11 is 0. The van der Waals surface area contributed by atoms with Gasteiger partial charge in [-0.3, -0.25) is 4.79 Å². The Balaban J connectivity index is 2.06. The number of methoxy groups -OCH3 is 1. The van der Waals surface area contributed by atoms with E-state index in [0.29, 0.717) is 12.8 Å². The van der Waals surface area contributed by atoms with E-state index < -0.39 is 47.8 Å². The Morgan fingerprint density at radius 1 is 1.14 bits per heavy atom. The van der Waals surface area contributed by atoms with Crippen molar-refractivity contribution in [1.82, 2.24) is 15.5 Å². The first kappa shape index (κ1) is 27.7. The van der Waals surface area contributed by atoms with Crippen LogP contribution in [-0.2, 0) is 30.4 Å². The second-order valence-corrected chi connectivity index (χ2v) is 9.14. The molecule has 3 atom stereocenters. The van der Waals surface area contributed by atoms with Crippen LogP contribution in [0.2, 0.25) is 0 Å². The average Bonchev–Trinajstić information content (AvgIpc) is 3.24. The highest BCUT2D eigenvalue weighted by molar-refractivity contribution is 5.90. The number of nitrogens with one attached hydrogen (secondary N) is 2. The summed E-state index contributed by atoms with van der Waals surface area (Å²) in [4.78, 5) is 51.7. The molecule has 0 saturated carbocycles. The number of hydrogen-bond donors (Lipinski definition) is 2. The number of benzene rings is 1. The van der Waals surface area contributed by atoms with Gasteiger partial charge in [0.05, 0.1) is 13.2 Å². The highest BCUT2D eigenvalue weighted by Gasteiger charge is 2.43. The number of likely N-dealkylation sites (tertiary alicyclic amines) is 1. The summed E-state index contributed by atoms with van der Waals surface area (Å²) < 4.78 is 15.3. The molecule has 0 bridgehead atoms. The second kappa shape index (κ2) is 12.8. The summed E-state index contributed by atoms with van der Waals surface area (Å²) in [7, 11) is 1.26. The van der Waals surface area contributed by atoms with Crippen LogP contribution in [-0.4, -0.2) is 66.3 Å². The molecule has 1 aliphatic heterocycles. The molecule has 2 rings (SSSR count). The number of amides is 3. The van der Waals surface area contributed by atoms with Gasteiger partial charge in [0.25, 0.3) is 0 Å². The van der Waals surface area contributed by atoms with Crippen molar-refractivity contribution in [3.8, 4) is 0 Å². The van der Waals surface area contributed by atoms with Gasteiger partial charge in [0.2, 0.25) is 5.91 Å². The van der Waals surface area contributed by atoms with Gasteiger partial charge in [0.15, 0.2) is 0 Å². The van der Waals surface area contributed by atoms with E-state index in [2.05, 4.69) is 17.2 Å². The predicted octanol–water partition coefficient (Wildman–Crippen LogP) is 2.91. The SMILES string of the molecule is C=C[C@H]1CC[C@@H](C(=O)OC)N1C(=O)[C@H](CCNC(=O)OCc1ccccc1)NC(=O)OC(C)(C)C. The first-order chi connectivity index (χ1) is 16.6. The molecule has 2 N–H and O–H groups in total. The minimum absolute atomic E-state index is 0.0370. The lowest BCUT2D eigenvalue weighted by Gasteiger charge is -2.32. The van der Waals surface area contributed by atoms with Gasteiger partial charge in [0.1, 0.15) is 24.3 Å². The fourth-order valence-corrected chi connectivity index (χ4v) is 3.73.